The smallest absolute Gasteiger partial charge is 0.253 e. The largest absolute Gasteiger partial charge is 0.338 e. The summed E-state index contributed by atoms with van der Waals surface area (Å²) in [4.78, 5) is 31.8. The highest BCUT2D eigenvalue weighted by atomic mass is 32.2. The van der Waals surface area contributed by atoms with Crippen molar-refractivity contribution in [1.29, 1.82) is 0 Å². The fourth-order valence-electron chi connectivity index (χ4n) is 3.68. The van der Waals surface area contributed by atoms with Gasteiger partial charge in [0.1, 0.15) is 5.82 Å². The molecule has 0 radical (unpaired) electrons. The zero-order valence-electron chi connectivity index (χ0n) is 17.4. The van der Waals surface area contributed by atoms with Gasteiger partial charge >= 0.3 is 0 Å². The van der Waals surface area contributed by atoms with E-state index in [1.807, 2.05) is 19.1 Å². The van der Waals surface area contributed by atoms with Crippen LogP contribution in [0.5, 0.6) is 0 Å². The van der Waals surface area contributed by atoms with Crippen LogP contribution in [0, 0.1) is 12.8 Å². The van der Waals surface area contributed by atoms with Gasteiger partial charge in [-0.15, -0.1) is 0 Å². The lowest BCUT2D eigenvalue weighted by atomic mass is 9.96. The lowest BCUT2D eigenvalue weighted by Crippen LogP contribution is -2.43. The first-order chi connectivity index (χ1) is 14.8. The highest BCUT2D eigenvalue weighted by Crippen LogP contribution is 2.24. The molecule has 1 aromatic carbocycles. The molecule has 2 heterocycles. The van der Waals surface area contributed by atoms with Gasteiger partial charge in [-0.1, -0.05) is 12.1 Å². The van der Waals surface area contributed by atoms with E-state index >= 15 is 0 Å². The van der Waals surface area contributed by atoms with Gasteiger partial charge in [-0.3, -0.25) is 9.59 Å². The van der Waals surface area contributed by atoms with Crippen molar-refractivity contribution in [2.45, 2.75) is 43.5 Å². The van der Waals surface area contributed by atoms with Crippen molar-refractivity contribution in [2.24, 2.45) is 5.92 Å². The minimum absolute atomic E-state index is 0.00591. The molecule has 1 saturated heterocycles. The van der Waals surface area contributed by atoms with Crippen LogP contribution in [0.25, 0.3) is 0 Å². The van der Waals surface area contributed by atoms with Crippen molar-refractivity contribution < 1.29 is 18.0 Å². The van der Waals surface area contributed by atoms with Crippen LogP contribution in [0.15, 0.2) is 47.4 Å². The number of sulfonamides is 1. The lowest BCUT2D eigenvalue weighted by Gasteiger charge is -2.32. The Hall–Kier alpha value is -2.78. The maximum absolute atomic E-state index is 13.1. The Labute approximate surface area is 182 Å². The summed E-state index contributed by atoms with van der Waals surface area (Å²) < 4.78 is 27.6. The number of aryl methyl sites for hydroxylation is 1. The van der Waals surface area contributed by atoms with Crippen molar-refractivity contribution >= 4 is 27.7 Å². The van der Waals surface area contributed by atoms with Crippen molar-refractivity contribution in [3.05, 3.63) is 53.7 Å². The molecule has 31 heavy (non-hydrogen) atoms. The van der Waals surface area contributed by atoms with Gasteiger partial charge in [-0.2, -0.15) is 0 Å². The Bertz CT molecular complexity index is 1100. The van der Waals surface area contributed by atoms with E-state index in [1.54, 1.807) is 23.1 Å². The van der Waals surface area contributed by atoms with E-state index in [1.165, 1.54) is 12.1 Å². The SMILES string of the molecule is Cc1cccc(NC(=O)[C@@H]2CCCN(C(=O)c3cccc(S(=O)(=O)NC4CC4)c3)C2)n1. The van der Waals surface area contributed by atoms with Crippen LogP contribution in [0.4, 0.5) is 5.82 Å². The number of pyridine rings is 1. The van der Waals surface area contributed by atoms with Crippen LogP contribution in [-0.4, -0.2) is 49.2 Å². The summed E-state index contributed by atoms with van der Waals surface area (Å²) in [5.74, 6) is -0.284. The van der Waals surface area contributed by atoms with Crippen LogP contribution in [-0.2, 0) is 14.8 Å². The number of piperidine rings is 1. The summed E-state index contributed by atoms with van der Waals surface area (Å²) in [7, 11) is -3.64. The van der Waals surface area contributed by atoms with E-state index in [0.717, 1.165) is 18.5 Å². The molecule has 0 spiro atoms. The van der Waals surface area contributed by atoms with Gasteiger partial charge in [0, 0.05) is 30.4 Å². The molecule has 1 aliphatic carbocycles. The maximum atomic E-state index is 13.1. The lowest BCUT2D eigenvalue weighted by molar-refractivity contribution is -0.121. The average Bonchev–Trinajstić information content (AvgIpc) is 3.57. The Balaban J connectivity index is 1.44. The molecular weight excluding hydrogens is 416 g/mol. The zero-order chi connectivity index (χ0) is 22.0. The van der Waals surface area contributed by atoms with E-state index in [-0.39, 0.29) is 35.2 Å². The number of likely N-dealkylation sites (tertiary alicyclic amines) is 1. The second-order valence-corrected chi connectivity index (χ2v) is 9.88. The molecular formula is C22H26N4O4S. The summed E-state index contributed by atoms with van der Waals surface area (Å²) in [6, 6.07) is 11.5. The van der Waals surface area contributed by atoms with Gasteiger partial charge in [0.15, 0.2) is 0 Å². The van der Waals surface area contributed by atoms with E-state index in [2.05, 4.69) is 15.0 Å². The van der Waals surface area contributed by atoms with Gasteiger partial charge in [-0.25, -0.2) is 18.1 Å². The molecule has 0 unspecified atom stereocenters. The fourth-order valence-corrected chi connectivity index (χ4v) is 5.03. The molecule has 1 aliphatic heterocycles. The molecule has 1 saturated carbocycles. The van der Waals surface area contributed by atoms with Gasteiger partial charge in [0.05, 0.1) is 10.8 Å². The molecule has 2 aliphatic rings. The van der Waals surface area contributed by atoms with Crippen LogP contribution >= 0.6 is 0 Å². The number of nitrogens with one attached hydrogen (secondary N) is 2. The highest BCUT2D eigenvalue weighted by molar-refractivity contribution is 7.89. The fraction of sp³-hybridized carbons (Fsp3) is 0.409. The quantitative estimate of drug-likeness (QED) is 0.714. The number of rotatable bonds is 6. The number of nitrogens with zero attached hydrogens (tertiary/aromatic N) is 2. The third-order valence-electron chi connectivity index (χ3n) is 5.51. The predicted molar refractivity (Wildman–Crippen MR) is 116 cm³/mol. The van der Waals surface area contributed by atoms with E-state index in [9.17, 15) is 18.0 Å². The molecule has 1 atom stereocenters. The zero-order valence-corrected chi connectivity index (χ0v) is 18.2. The predicted octanol–water partition coefficient (Wildman–Crippen LogP) is 2.32. The Morgan fingerprint density at radius 3 is 2.61 bits per heavy atom. The number of hydrogen-bond donors (Lipinski definition) is 2. The molecule has 2 aromatic rings. The van der Waals surface area contributed by atoms with Gasteiger partial charge in [0.2, 0.25) is 15.9 Å². The summed E-state index contributed by atoms with van der Waals surface area (Å²) in [6.45, 7) is 2.67. The maximum Gasteiger partial charge on any atom is 0.253 e. The number of anilines is 1. The summed E-state index contributed by atoms with van der Waals surface area (Å²) in [5, 5.41) is 2.83. The number of hydrogen-bond acceptors (Lipinski definition) is 5. The standard InChI is InChI=1S/C22H26N4O4S/c1-15-5-2-9-20(23-15)24-21(27)17-7-4-12-26(14-17)22(28)16-6-3-8-19(13-16)31(29,30)25-18-10-11-18/h2-3,5-6,8-9,13,17-18,25H,4,7,10-12,14H2,1H3,(H,23,24,27)/t17-/m1/s1. The molecule has 2 N–H and O–H groups in total. The molecule has 0 bridgehead atoms. The van der Waals surface area contributed by atoms with Crippen molar-refractivity contribution in [3.63, 3.8) is 0 Å². The second-order valence-electron chi connectivity index (χ2n) is 8.17. The van der Waals surface area contributed by atoms with Gasteiger partial charge in [0.25, 0.3) is 5.91 Å². The van der Waals surface area contributed by atoms with Crippen LogP contribution in [0.3, 0.4) is 0 Å². The molecule has 2 fully saturated rings. The third kappa shape index (κ3) is 5.29. The Kier molecular flexibility index (Phi) is 6.06. The highest BCUT2D eigenvalue weighted by Gasteiger charge is 2.31. The van der Waals surface area contributed by atoms with Crippen molar-refractivity contribution in [3.8, 4) is 0 Å². The summed E-state index contributed by atoms with van der Waals surface area (Å²) >= 11 is 0. The number of carbonyl (C=O) groups is 2. The van der Waals surface area contributed by atoms with Crippen LogP contribution < -0.4 is 10.0 Å². The number of carbonyl (C=O) groups excluding carboxylic acids is 2. The van der Waals surface area contributed by atoms with Crippen molar-refractivity contribution in [1.82, 2.24) is 14.6 Å². The number of amides is 2. The Morgan fingerprint density at radius 1 is 1.10 bits per heavy atom. The van der Waals surface area contributed by atoms with Gasteiger partial charge < -0.3 is 10.2 Å². The van der Waals surface area contributed by atoms with Crippen LogP contribution in [0.2, 0.25) is 0 Å². The average molecular weight is 443 g/mol. The molecule has 9 heteroatoms. The number of aromatic nitrogens is 1. The minimum atomic E-state index is -3.64. The second kappa shape index (κ2) is 8.76. The first kappa shape index (κ1) is 21.5. The van der Waals surface area contributed by atoms with E-state index in [4.69, 9.17) is 0 Å². The molecule has 2 amide bonds. The monoisotopic (exact) mass is 442 g/mol. The molecule has 1 aromatic heterocycles. The Morgan fingerprint density at radius 2 is 1.87 bits per heavy atom. The third-order valence-corrected chi connectivity index (χ3v) is 7.03. The summed E-state index contributed by atoms with van der Waals surface area (Å²) in [6.07, 6.45) is 3.06. The molecule has 4 rings (SSSR count). The van der Waals surface area contributed by atoms with E-state index < -0.39 is 10.0 Å². The van der Waals surface area contributed by atoms with E-state index in [0.29, 0.717) is 30.8 Å². The normalized spacial score (nSPS) is 19.1. The van der Waals surface area contributed by atoms with Gasteiger partial charge in [-0.05, 0) is 62.9 Å². The molecule has 164 valence electrons. The number of benzene rings is 1. The minimum Gasteiger partial charge on any atom is -0.338 e. The van der Waals surface area contributed by atoms with Crippen LogP contribution in [0.1, 0.15) is 41.7 Å². The summed E-state index contributed by atoms with van der Waals surface area (Å²) in [5.41, 5.74) is 1.12. The molecule has 8 nitrogen and oxygen atoms in total. The topological polar surface area (TPSA) is 108 Å². The first-order valence-electron chi connectivity index (χ1n) is 10.5. The first-order valence-corrected chi connectivity index (χ1v) is 12.0. The van der Waals surface area contributed by atoms with Crippen molar-refractivity contribution in [2.75, 3.05) is 18.4 Å².